The fourth-order valence-corrected chi connectivity index (χ4v) is 5.60. The van der Waals surface area contributed by atoms with Gasteiger partial charge >= 0.3 is 6.09 Å². The van der Waals surface area contributed by atoms with Crippen molar-refractivity contribution in [3.05, 3.63) is 59.0 Å². The van der Waals surface area contributed by atoms with E-state index in [-0.39, 0.29) is 10.4 Å². The molecule has 0 spiro atoms. The van der Waals surface area contributed by atoms with Gasteiger partial charge in [-0.15, -0.1) is 0 Å². The minimum Gasteiger partial charge on any atom is -0.393 e. The second kappa shape index (κ2) is 9.03. The maximum atomic E-state index is 13.1. The average Bonchev–Trinajstić information content (AvgIpc) is 3.42. The van der Waals surface area contributed by atoms with Crippen molar-refractivity contribution < 1.29 is 22.3 Å². The van der Waals surface area contributed by atoms with E-state index in [1.54, 1.807) is 34.9 Å². The van der Waals surface area contributed by atoms with Crippen LogP contribution in [0.4, 0.5) is 14.3 Å². The van der Waals surface area contributed by atoms with Gasteiger partial charge in [0.15, 0.2) is 20.1 Å². The first-order valence-corrected chi connectivity index (χ1v) is 12.7. The summed E-state index contributed by atoms with van der Waals surface area (Å²) < 4.78 is 45.2. The Morgan fingerprint density at radius 2 is 2.00 bits per heavy atom. The molecule has 0 atom stereocenters. The smallest absolute Gasteiger partial charge is 0.393 e. The number of nitrogens with one attached hydrogen (secondary N) is 1. The zero-order chi connectivity index (χ0) is 22.9. The van der Waals surface area contributed by atoms with Crippen LogP contribution in [0.25, 0.3) is 0 Å². The highest BCUT2D eigenvalue weighted by Gasteiger charge is 2.36. The van der Waals surface area contributed by atoms with Gasteiger partial charge in [0.25, 0.3) is 0 Å². The van der Waals surface area contributed by atoms with E-state index < -0.39 is 21.1 Å². The molecule has 32 heavy (non-hydrogen) atoms. The Balaban J connectivity index is 1.51. The maximum absolute atomic E-state index is 13.1. The zero-order valence-corrected chi connectivity index (χ0v) is 19.4. The predicted molar refractivity (Wildman–Crippen MR) is 120 cm³/mol. The molecule has 1 amide bonds. The molecular weight excluding hydrogens is 453 g/mol. The molecule has 170 valence electrons. The number of hydrogen-bond donors (Lipinski definition) is 1. The molecule has 1 aliphatic rings. The monoisotopic (exact) mass is 477 g/mol. The Bertz CT molecular complexity index is 1210. The normalized spacial score (nSPS) is 14.0. The molecule has 0 bridgehead atoms. The number of carbonyl (C=O) groups excluding carboxylic acids is 1. The lowest BCUT2D eigenvalue weighted by atomic mass is 10.1. The summed E-state index contributed by atoms with van der Waals surface area (Å²) in [7, 11) is -3.23. The van der Waals surface area contributed by atoms with Gasteiger partial charge in [-0.1, -0.05) is 37.3 Å². The molecule has 7 nitrogen and oxygen atoms in total. The van der Waals surface area contributed by atoms with Gasteiger partial charge in [-0.05, 0) is 48.4 Å². The van der Waals surface area contributed by atoms with Gasteiger partial charge in [0.2, 0.25) is 5.88 Å². The maximum Gasteiger partial charge on any atom is 0.420 e. The van der Waals surface area contributed by atoms with Crippen molar-refractivity contribution in [1.82, 2.24) is 9.55 Å². The van der Waals surface area contributed by atoms with Crippen LogP contribution in [0.1, 0.15) is 37.8 Å². The van der Waals surface area contributed by atoms with Crippen molar-refractivity contribution in [2.45, 2.75) is 49.8 Å². The number of thiazole rings is 1. The number of halogens is 1. The largest absolute Gasteiger partial charge is 0.420 e. The lowest BCUT2D eigenvalue weighted by molar-refractivity contribution is 0.211. The number of aromatic nitrogens is 2. The number of anilines is 1. The van der Waals surface area contributed by atoms with Crippen molar-refractivity contribution in [1.29, 1.82) is 0 Å². The van der Waals surface area contributed by atoms with E-state index in [0.29, 0.717) is 34.6 Å². The summed E-state index contributed by atoms with van der Waals surface area (Å²) in [5.41, 5.74) is 1.88. The van der Waals surface area contributed by atoms with Crippen molar-refractivity contribution in [2.75, 3.05) is 5.32 Å². The first-order chi connectivity index (χ1) is 15.2. The lowest BCUT2D eigenvalue weighted by Crippen LogP contribution is -2.18. The van der Waals surface area contributed by atoms with E-state index in [2.05, 4.69) is 24.1 Å². The highest BCUT2D eigenvalue weighted by atomic mass is 32.2. The van der Waals surface area contributed by atoms with Crippen LogP contribution in [0, 0.1) is 11.0 Å². The highest BCUT2D eigenvalue weighted by Crippen LogP contribution is 2.33. The highest BCUT2D eigenvalue weighted by molar-refractivity contribution is 7.92. The summed E-state index contributed by atoms with van der Waals surface area (Å²) in [5.74, 6) is 0.752. The van der Waals surface area contributed by atoms with Crippen LogP contribution in [0.5, 0.6) is 5.88 Å². The second-order valence-corrected chi connectivity index (χ2v) is 11.5. The third-order valence-electron chi connectivity index (χ3n) is 5.01. The van der Waals surface area contributed by atoms with Crippen LogP contribution in [-0.4, -0.2) is 29.3 Å². The third kappa shape index (κ3) is 5.36. The Kier molecular flexibility index (Phi) is 6.34. The molecule has 1 aliphatic carbocycles. The van der Waals surface area contributed by atoms with E-state index in [9.17, 15) is 17.6 Å². The molecule has 10 heteroatoms. The van der Waals surface area contributed by atoms with Gasteiger partial charge in [0.1, 0.15) is 0 Å². The van der Waals surface area contributed by atoms with E-state index in [0.717, 1.165) is 36.6 Å². The fourth-order valence-electron chi connectivity index (χ4n) is 3.41. The van der Waals surface area contributed by atoms with Crippen LogP contribution in [0.2, 0.25) is 0 Å². The van der Waals surface area contributed by atoms with Gasteiger partial charge in [0.05, 0.1) is 22.9 Å². The quantitative estimate of drug-likeness (QED) is 0.500. The Labute approximate surface area is 190 Å². The van der Waals surface area contributed by atoms with Crippen molar-refractivity contribution in [3.63, 3.8) is 0 Å². The molecular formula is C22H24FN3O4S2. The van der Waals surface area contributed by atoms with Crippen LogP contribution >= 0.6 is 11.3 Å². The molecule has 2 aromatic heterocycles. The van der Waals surface area contributed by atoms with Gasteiger partial charge in [-0.3, -0.25) is 5.32 Å². The van der Waals surface area contributed by atoms with Crippen LogP contribution in [0.3, 0.4) is 0 Å². The molecule has 2 heterocycles. The molecule has 1 aromatic carbocycles. The summed E-state index contributed by atoms with van der Waals surface area (Å²) in [6.45, 7) is 4.59. The van der Waals surface area contributed by atoms with Crippen LogP contribution in [0.15, 0.2) is 47.6 Å². The standard InChI is InChI=1S/C22H24FN3O4S2/c1-14(2)9-16-10-20(30-22(27)25-21-24-11-19(23)31-21)26(13-16)12-15-3-5-17(6-4-15)32(28,29)18-7-8-18/h3-6,10-11,13-14,18H,7-9,12H2,1-2H3,(H,24,25,27). The number of rotatable bonds is 8. The molecule has 0 radical (unpaired) electrons. The molecule has 1 saturated carbocycles. The van der Waals surface area contributed by atoms with Gasteiger partial charge < -0.3 is 9.30 Å². The first-order valence-electron chi connectivity index (χ1n) is 10.3. The third-order valence-corrected chi connectivity index (χ3v) is 7.99. The minimum atomic E-state index is -3.23. The number of carbonyl (C=O) groups is 1. The molecule has 1 N–H and O–H groups in total. The molecule has 1 fully saturated rings. The van der Waals surface area contributed by atoms with Gasteiger partial charge in [-0.2, -0.15) is 4.39 Å². The van der Waals surface area contributed by atoms with Crippen molar-refractivity contribution in [2.24, 2.45) is 5.92 Å². The van der Waals surface area contributed by atoms with Crippen molar-refractivity contribution >= 4 is 32.4 Å². The number of amides is 1. The van der Waals surface area contributed by atoms with E-state index in [1.165, 1.54) is 0 Å². The number of sulfone groups is 1. The number of hydrogen-bond acceptors (Lipinski definition) is 6. The van der Waals surface area contributed by atoms with E-state index in [1.807, 2.05) is 6.20 Å². The topological polar surface area (TPSA) is 90.3 Å². The Morgan fingerprint density at radius 3 is 2.59 bits per heavy atom. The predicted octanol–water partition coefficient (Wildman–Crippen LogP) is 4.88. The number of ether oxygens (including phenoxy) is 1. The van der Waals surface area contributed by atoms with Crippen LogP contribution in [-0.2, 0) is 22.8 Å². The SMILES string of the molecule is CC(C)Cc1cc(OC(=O)Nc2ncc(F)s2)n(Cc2ccc(S(=O)(=O)C3CC3)cc2)c1. The Hall–Kier alpha value is -2.72. The van der Waals surface area contributed by atoms with E-state index in [4.69, 9.17) is 4.74 Å². The molecule has 4 rings (SSSR count). The zero-order valence-electron chi connectivity index (χ0n) is 17.7. The molecule has 0 aliphatic heterocycles. The molecule has 3 aromatic rings. The number of nitrogens with zero attached hydrogens (tertiary/aromatic N) is 2. The minimum absolute atomic E-state index is 0.112. The molecule has 0 saturated heterocycles. The summed E-state index contributed by atoms with van der Waals surface area (Å²) in [4.78, 5) is 16.4. The summed E-state index contributed by atoms with van der Waals surface area (Å²) >= 11 is 0.711. The van der Waals surface area contributed by atoms with Gasteiger partial charge in [0, 0.05) is 12.3 Å². The van der Waals surface area contributed by atoms with Crippen LogP contribution < -0.4 is 10.1 Å². The average molecular weight is 478 g/mol. The van der Waals surface area contributed by atoms with E-state index >= 15 is 0 Å². The first kappa shape index (κ1) is 22.5. The lowest BCUT2D eigenvalue weighted by Gasteiger charge is -2.10. The second-order valence-electron chi connectivity index (χ2n) is 8.28. The fraction of sp³-hybridized carbons (Fsp3) is 0.364. The summed E-state index contributed by atoms with van der Waals surface area (Å²) in [6.07, 6.45) is 4.43. The Morgan fingerprint density at radius 1 is 1.28 bits per heavy atom. The molecule has 0 unspecified atom stereocenters. The summed E-state index contributed by atoms with van der Waals surface area (Å²) in [5, 5.41) is 1.78. The summed E-state index contributed by atoms with van der Waals surface area (Å²) in [6, 6.07) is 8.62. The van der Waals surface area contributed by atoms with Gasteiger partial charge in [-0.25, -0.2) is 18.2 Å². The van der Waals surface area contributed by atoms with Crippen molar-refractivity contribution in [3.8, 4) is 5.88 Å². The number of benzene rings is 1.